The zero-order valence-electron chi connectivity index (χ0n) is 20.8. The molecule has 1 unspecified atom stereocenters. The maximum atomic E-state index is 14.5. The average molecular weight is 530 g/mol. The first-order valence-electron chi connectivity index (χ1n) is 11.2. The molecule has 0 aromatic heterocycles. The second-order valence-electron chi connectivity index (χ2n) is 9.33. The Labute approximate surface area is 211 Å². The Morgan fingerprint density at radius 1 is 0.973 bits per heavy atom. The van der Waals surface area contributed by atoms with Crippen LogP contribution in [-0.4, -0.2) is 73.7 Å². The van der Waals surface area contributed by atoms with Crippen molar-refractivity contribution in [3.63, 3.8) is 0 Å². The van der Waals surface area contributed by atoms with Crippen molar-refractivity contribution in [1.29, 1.82) is 5.41 Å². The number of para-hydroxylation sites is 1. The molecule has 0 saturated carbocycles. The van der Waals surface area contributed by atoms with Crippen LogP contribution < -0.4 is 10.3 Å². The Bertz CT molecular complexity index is 1110. The molecule has 0 fully saturated rings. The number of likely N-dealkylation sites (N-methyl/N-ethyl adjacent to an activating group) is 1. The monoisotopic (exact) mass is 529 g/mol. The summed E-state index contributed by atoms with van der Waals surface area (Å²) >= 11 is 0. The molecular formula is C24H29F6N7. The molecule has 0 radical (unpaired) electrons. The second kappa shape index (κ2) is 10.6. The van der Waals surface area contributed by atoms with E-state index in [1.54, 1.807) is 44.1 Å². The largest absolute Gasteiger partial charge is 0.503 e. The standard InChI is InChI=1S/C24H29F6N7/c1-34(2)14-17-10-11-18(12-20(17)23(25,26)27)33-22(15-35(3)4)13-21(31)32-16-36(22)37(24(28,29)30)19-8-6-5-7-9-19/h5-12,16,31,33H,13-15H2,1-4H3. The van der Waals surface area contributed by atoms with Gasteiger partial charge in [0.15, 0.2) is 5.66 Å². The van der Waals surface area contributed by atoms with E-state index in [4.69, 9.17) is 5.41 Å². The zero-order chi connectivity index (χ0) is 27.6. The van der Waals surface area contributed by atoms with E-state index >= 15 is 0 Å². The summed E-state index contributed by atoms with van der Waals surface area (Å²) in [5, 5.41) is 11.9. The number of nitrogens with one attached hydrogen (secondary N) is 2. The lowest BCUT2D eigenvalue weighted by Crippen LogP contribution is -2.69. The molecule has 0 bridgehead atoms. The van der Waals surface area contributed by atoms with Crippen molar-refractivity contribution in [3.8, 4) is 0 Å². The maximum absolute atomic E-state index is 14.5. The van der Waals surface area contributed by atoms with E-state index in [1.165, 1.54) is 36.4 Å². The summed E-state index contributed by atoms with van der Waals surface area (Å²) in [4.78, 5) is 7.00. The van der Waals surface area contributed by atoms with Crippen LogP contribution in [0.25, 0.3) is 0 Å². The molecule has 2 aromatic carbocycles. The van der Waals surface area contributed by atoms with Crippen molar-refractivity contribution in [3.05, 3.63) is 59.7 Å². The normalized spacial score (nSPS) is 18.6. The molecule has 0 aliphatic carbocycles. The summed E-state index contributed by atoms with van der Waals surface area (Å²) in [6, 6.07) is 10.6. The predicted molar refractivity (Wildman–Crippen MR) is 131 cm³/mol. The van der Waals surface area contributed by atoms with Crippen molar-refractivity contribution in [2.75, 3.05) is 45.1 Å². The van der Waals surface area contributed by atoms with Gasteiger partial charge in [0.25, 0.3) is 0 Å². The van der Waals surface area contributed by atoms with Crippen LogP contribution >= 0.6 is 0 Å². The number of hydrogen-bond acceptors (Lipinski definition) is 6. The highest BCUT2D eigenvalue weighted by molar-refractivity contribution is 5.91. The fourth-order valence-corrected chi connectivity index (χ4v) is 4.30. The van der Waals surface area contributed by atoms with Gasteiger partial charge in [-0.15, -0.1) is 13.2 Å². The number of nitrogens with zero attached hydrogens (tertiary/aromatic N) is 5. The topological polar surface area (TPSA) is 61.2 Å². The molecule has 2 N–H and O–H groups in total. The van der Waals surface area contributed by atoms with Crippen LogP contribution in [0.4, 0.5) is 37.7 Å². The van der Waals surface area contributed by atoms with Gasteiger partial charge in [0.05, 0.1) is 17.7 Å². The fourth-order valence-electron chi connectivity index (χ4n) is 4.30. The Hall–Kier alpha value is -3.32. The highest BCUT2D eigenvalue weighted by Crippen LogP contribution is 2.39. The molecule has 3 rings (SSSR count). The van der Waals surface area contributed by atoms with Gasteiger partial charge in [-0.25, -0.2) is 10.0 Å². The van der Waals surface area contributed by atoms with Crippen LogP contribution in [0.1, 0.15) is 17.5 Å². The Balaban J connectivity index is 2.18. The molecule has 0 spiro atoms. The first-order chi connectivity index (χ1) is 17.1. The predicted octanol–water partition coefficient (Wildman–Crippen LogP) is 5.09. The van der Waals surface area contributed by atoms with Crippen LogP contribution in [0, 0.1) is 5.41 Å². The number of halogens is 6. The second-order valence-corrected chi connectivity index (χ2v) is 9.33. The summed E-state index contributed by atoms with van der Waals surface area (Å²) in [7, 11) is 6.52. The molecule has 2 aromatic rings. The zero-order valence-corrected chi connectivity index (χ0v) is 20.8. The van der Waals surface area contributed by atoms with E-state index in [1.807, 2.05) is 0 Å². The average Bonchev–Trinajstić information content (AvgIpc) is 2.75. The number of aliphatic imine (C=N–C) groups is 1. The number of benzene rings is 2. The van der Waals surface area contributed by atoms with Gasteiger partial charge < -0.3 is 15.1 Å². The molecule has 1 aliphatic rings. The number of alkyl halides is 6. The fraction of sp³-hybridized carbons (Fsp3) is 0.417. The number of hydrazine groups is 1. The Morgan fingerprint density at radius 3 is 2.16 bits per heavy atom. The lowest BCUT2D eigenvalue weighted by atomic mass is 9.99. The minimum absolute atomic E-state index is 0.0251. The smallest absolute Gasteiger partial charge is 0.360 e. The molecule has 0 amide bonds. The number of anilines is 2. The third kappa shape index (κ3) is 6.72. The summed E-state index contributed by atoms with van der Waals surface area (Å²) < 4.78 is 85.2. The lowest BCUT2D eigenvalue weighted by molar-refractivity contribution is -0.160. The van der Waals surface area contributed by atoms with E-state index in [9.17, 15) is 26.3 Å². The molecule has 1 aliphatic heterocycles. The molecule has 37 heavy (non-hydrogen) atoms. The Morgan fingerprint density at radius 2 is 1.62 bits per heavy atom. The number of hydrogen-bond donors (Lipinski definition) is 2. The van der Waals surface area contributed by atoms with Crippen molar-refractivity contribution >= 4 is 23.5 Å². The van der Waals surface area contributed by atoms with Crippen LogP contribution in [-0.2, 0) is 12.7 Å². The van der Waals surface area contributed by atoms with Crippen molar-refractivity contribution in [2.45, 2.75) is 31.1 Å². The Kier molecular flexibility index (Phi) is 8.08. The van der Waals surface area contributed by atoms with Gasteiger partial charge in [-0.05, 0) is 58.0 Å². The third-order valence-electron chi connectivity index (χ3n) is 5.53. The number of amidine groups is 1. The first kappa shape index (κ1) is 28.3. The molecule has 1 heterocycles. The minimum Gasteiger partial charge on any atom is -0.360 e. The van der Waals surface area contributed by atoms with E-state index in [2.05, 4.69) is 10.3 Å². The quantitative estimate of drug-likeness (QED) is 0.369. The van der Waals surface area contributed by atoms with Gasteiger partial charge >= 0.3 is 12.5 Å². The molecule has 7 nitrogen and oxygen atoms in total. The SMILES string of the molecule is CN(C)Cc1ccc(NC2(CN(C)C)CC(=N)N=CN2N(c2ccccc2)C(F)(F)F)cc1C(F)(F)F. The summed E-state index contributed by atoms with van der Waals surface area (Å²) in [6.07, 6.45) is -9.03. The molecule has 202 valence electrons. The summed E-state index contributed by atoms with van der Waals surface area (Å²) in [5.74, 6) is -0.221. The van der Waals surface area contributed by atoms with E-state index < -0.39 is 23.7 Å². The van der Waals surface area contributed by atoms with E-state index in [0.717, 1.165) is 17.4 Å². The van der Waals surface area contributed by atoms with Gasteiger partial charge in [-0.1, -0.05) is 24.3 Å². The number of rotatable bonds is 8. The van der Waals surface area contributed by atoms with Gasteiger partial charge in [-0.2, -0.15) is 18.2 Å². The van der Waals surface area contributed by atoms with Crippen LogP contribution in [0.15, 0.2) is 53.5 Å². The maximum Gasteiger partial charge on any atom is 0.503 e. The molecule has 0 saturated heterocycles. The van der Waals surface area contributed by atoms with Crippen LogP contribution in [0.2, 0.25) is 0 Å². The molecule has 13 heteroatoms. The van der Waals surface area contributed by atoms with Gasteiger partial charge in [0.1, 0.15) is 12.2 Å². The van der Waals surface area contributed by atoms with Gasteiger partial charge in [-0.3, -0.25) is 5.41 Å². The van der Waals surface area contributed by atoms with Crippen LogP contribution in [0.3, 0.4) is 0 Å². The van der Waals surface area contributed by atoms with Crippen LogP contribution in [0.5, 0.6) is 0 Å². The summed E-state index contributed by atoms with van der Waals surface area (Å²) in [5.41, 5.74) is -2.84. The lowest BCUT2D eigenvalue weighted by Gasteiger charge is -2.51. The first-order valence-corrected chi connectivity index (χ1v) is 11.2. The van der Waals surface area contributed by atoms with Gasteiger partial charge in [0, 0.05) is 18.8 Å². The highest BCUT2D eigenvalue weighted by atomic mass is 19.4. The van der Waals surface area contributed by atoms with Crippen molar-refractivity contribution in [2.24, 2.45) is 4.99 Å². The van der Waals surface area contributed by atoms with Gasteiger partial charge in [0.2, 0.25) is 0 Å². The highest BCUT2D eigenvalue weighted by Gasteiger charge is 2.51. The third-order valence-corrected chi connectivity index (χ3v) is 5.53. The van der Waals surface area contributed by atoms with Crippen molar-refractivity contribution in [1.82, 2.24) is 14.8 Å². The van der Waals surface area contributed by atoms with E-state index in [-0.39, 0.29) is 47.3 Å². The molecule has 1 atom stereocenters. The van der Waals surface area contributed by atoms with Crippen molar-refractivity contribution < 1.29 is 26.3 Å². The minimum atomic E-state index is -4.92. The summed E-state index contributed by atoms with van der Waals surface area (Å²) in [6.45, 7) is -0.0706. The van der Waals surface area contributed by atoms with E-state index in [0.29, 0.717) is 0 Å². The molecular weight excluding hydrogens is 500 g/mol.